The van der Waals surface area contributed by atoms with Crippen LogP contribution < -0.4 is 10.6 Å². The fourth-order valence-electron chi connectivity index (χ4n) is 1.80. The molecule has 2 rings (SSSR count). The summed E-state index contributed by atoms with van der Waals surface area (Å²) in [6.45, 7) is -1.00. The monoisotopic (exact) mass is 364 g/mol. The second-order valence-corrected chi connectivity index (χ2v) is 5.31. The molecule has 0 unspecified atom stereocenters. The van der Waals surface area contributed by atoms with E-state index in [0.717, 1.165) is 0 Å². The molecule has 0 bridgehead atoms. The standard InChI is InChI=1S/C17H14ClFN2O4/c18-12-7-5-11(6-8-12)17(24)20-9-16(23)25-10-15(22)21-14-4-2-1-3-13(14)19/h1-8H,9-10H2,(H,20,24)(H,21,22). The number of benzene rings is 2. The van der Waals surface area contributed by atoms with Crippen LogP contribution in [0.3, 0.4) is 0 Å². The summed E-state index contributed by atoms with van der Waals surface area (Å²) < 4.78 is 18.1. The van der Waals surface area contributed by atoms with E-state index in [1.54, 1.807) is 18.2 Å². The molecule has 0 aliphatic rings. The lowest BCUT2D eigenvalue weighted by molar-refractivity contribution is -0.146. The molecule has 0 heterocycles. The largest absolute Gasteiger partial charge is 0.454 e. The van der Waals surface area contributed by atoms with Gasteiger partial charge in [0.15, 0.2) is 6.61 Å². The molecule has 0 saturated carbocycles. The van der Waals surface area contributed by atoms with Gasteiger partial charge >= 0.3 is 5.97 Å². The van der Waals surface area contributed by atoms with Gasteiger partial charge in [-0.3, -0.25) is 14.4 Å². The third-order valence-corrected chi connectivity index (χ3v) is 3.26. The van der Waals surface area contributed by atoms with Crippen molar-refractivity contribution in [3.05, 3.63) is 64.9 Å². The predicted octanol–water partition coefficient (Wildman–Crippen LogP) is 2.39. The zero-order valence-corrected chi connectivity index (χ0v) is 13.7. The lowest BCUT2D eigenvalue weighted by atomic mass is 10.2. The molecular weight excluding hydrogens is 351 g/mol. The number of hydrogen-bond acceptors (Lipinski definition) is 4. The average molecular weight is 365 g/mol. The van der Waals surface area contributed by atoms with Gasteiger partial charge in [-0.2, -0.15) is 0 Å². The van der Waals surface area contributed by atoms with Crippen LogP contribution in [0, 0.1) is 5.82 Å². The second kappa shape index (κ2) is 8.79. The van der Waals surface area contributed by atoms with Gasteiger partial charge in [-0.25, -0.2) is 4.39 Å². The molecule has 0 aromatic heterocycles. The fraction of sp³-hybridized carbons (Fsp3) is 0.118. The van der Waals surface area contributed by atoms with E-state index in [2.05, 4.69) is 10.6 Å². The number of rotatable bonds is 6. The van der Waals surface area contributed by atoms with Crippen molar-refractivity contribution in [2.24, 2.45) is 0 Å². The van der Waals surface area contributed by atoms with Gasteiger partial charge in [0, 0.05) is 10.6 Å². The van der Waals surface area contributed by atoms with Crippen molar-refractivity contribution in [3.8, 4) is 0 Å². The Kier molecular flexibility index (Phi) is 6.47. The minimum absolute atomic E-state index is 0.0143. The molecule has 6 nitrogen and oxygen atoms in total. The van der Waals surface area contributed by atoms with E-state index in [4.69, 9.17) is 16.3 Å². The first-order valence-electron chi connectivity index (χ1n) is 7.19. The van der Waals surface area contributed by atoms with Crippen LogP contribution in [0.25, 0.3) is 0 Å². The topological polar surface area (TPSA) is 84.5 Å². The van der Waals surface area contributed by atoms with Crippen molar-refractivity contribution in [2.45, 2.75) is 0 Å². The molecular formula is C17H14ClFN2O4. The van der Waals surface area contributed by atoms with E-state index in [1.165, 1.54) is 30.3 Å². The van der Waals surface area contributed by atoms with Crippen molar-refractivity contribution < 1.29 is 23.5 Å². The van der Waals surface area contributed by atoms with Crippen LogP contribution >= 0.6 is 11.6 Å². The fourth-order valence-corrected chi connectivity index (χ4v) is 1.93. The molecule has 0 aliphatic carbocycles. The van der Waals surface area contributed by atoms with Crippen molar-refractivity contribution in [2.75, 3.05) is 18.5 Å². The first-order chi connectivity index (χ1) is 12.0. The van der Waals surface area contributed by atoms with E-state index >= 15 is 0 Å². The summed E-state index contributed by atoms with van der Waals surface area (Å²) in [5.74, 6) is -2.57. The number of nitrogens with one attached hydrogen (secondary N) is 2. The molecule has 8 heteroatoms. The van der Waals surface area contributed by atoms with Gasteiger partial charge in [0.25, 0.3) is 11.8 Å². The maximum Gasteiger partial charge on any atom is 0.325 e. The number of carbonyl (C=O) groups is 3. The highest BCUT2D eigenvalue weighted by molar-refractivity contribution is 6.30. The molecule has 130 valence electrons. The Morgan fingerprint density at radius 2 is 1.72 bits per heavy atom. The van der Waals surface area contributed by atoms with Crippen LogP contribution in [-0.4, -0.2) is 30.9 Å². The maximum atomic E-state index is 13.4. The minimum Gasteiger partial charge on any atom is -0.454 e. The van der Waals surface area contributed by atoms with Gasteiger partial charge < -0.3 is 15.4 Å². The summed E-state index contributed by atoms with van der Waals surface area (Å²) in [6.07, 6.45) is 0. The number of para-hydroxylation sites is 1. The number of carbonyl (C=O) groups excluding carboxylic acids is 3. The van der Waals surface area contributed by atoms with Crippen LogP contribution in [-0.2, 0) is 14.3 Å². The first kappa shape index (κ1) is 18.4. The van der Waals surface area contributed by atoms with E-state index in [0.29, 0.717) is 10.6 Å². The number of amides is 2. The minimum atomic E-state index is -0.800. The summed E-state index contributed by atoms with van der Waals surface area (Å²) in [5.41, 5.74) is 0.314. The number of ether oxygens (including phenoxy) is 1. The van der Waals surface area contributed by atoms with Crippen LogP contribution in [0.4, 0.5) is 10.1 Å². The predicted molar refractivity (Wildman–Crippen MR) is 89.8 cm³/mol. The quantitative estimate of drug-likeness (QED) is 0.771. The molecule has 0 atom stereocenters. The number of halogens is 2. The zero-order chi connectivity index (χ0) is 18.2. The molecule has 0 aliphatic heterocycles. The van der Waals surface area contributed by atoms with Crippen LogP contribution in [0.15, 0.2) is 48.5 Å². The summed E-state index contributed by atoms with van der Waals surface area (Å²) >= 11 is 5.72. The summed E-state index contributed by atoms with van der Waals surface area (Å²) in [7, 11) is 0. The number of esters is 1. The smallest absolute Gasteiger partial charge is 0.325 e. The molecule has 0 fully saturated rings. The van der Waals surface area contributed by atoms with Crippen molar-refractivity contribution in [1.82, 2.24) is 5.32 Å². The Morgan fingerprint density at radius 1 is 1.04 bits per heavy atom. The highest BCUT2D eigenvalue weighted by atomic mass is 35.5. The average Bonchev–Trinajstić information content (AvgIpc) is 2.60. The van der Waals surface area contributed by atoms with Crippen molar-refractivity contribution in [3.63, 3.8) is 0 Å². The van der Waals surface area contributed by atoms with Gasteiger partial charge in [-0.1, -0.05) is 23.7 Å². The Bertz CT molecular complexity index is 780. The highest BCUT2D eigenvalue weighted by Gasteiger charge is 2.12. The normalized spacial score (nSPS) is 10.0. The van der Waals surface area contributed by atoms with Gasteiger partial charge in [0.2, 0.25) is 0 Å². The molecule has 0 saturated heterocycles. The molecule has 2 amide bonds. The first-order valence-corrected chi connectivity index (χ1v) is 7.57. The van der Waals surface area contributed by atoms with Crippen LogP contribution in [0.5, 0.6) is 0 Å². The molecule has 2 N–H and O–H groups in total. The Balaban J connectivity index is 1.73. The lowest BCUT2D eigenvalue weighted by Gasteiger charge is -2.08. The van der Waals surface area contributed by atoms with E-state index in [-0.39, 0.29) is 5.69 Å². The van der Waals surface area contributed by atoms with Crippen molar-refractivity contribution >= 4 is 35.1 Å². The van der Waals surface area contributed by atoms with Crippen LogP contribution in [0.1, 0.15) is 10.4 Å². The molecule has 0 radical (unpaired) electrons. The Morgan fingerprint density at radius 3 is 2.40 bits per heavy atom. The Hall–Kier alpha value is -2.93. The van der Waals surface area contributed by atoms with Gasteiger partial charge in [-0.05, 0) is 36.4 Å². The highest BCUT2D eigenvalue weighted by Crippen LogP contribution is 2.12. The third-order valence-electron chi connectivity index (χ3n) is 3.01. The van der Waals surface area contributed by atoms with Gasteiger partial charge in [-0.15, -0.1) is 0 Å². The summed E-state index contributed by atoms with van der Waals surface area (Å²) in [6, 6.07) is 11.7. The zero-order valence-electron chi connectivity index (χ0n) is 12.9. The van der Waals surface area contributed by atoms with Crippen LogP contribution in [0.2, 0.25) is 5.02 Å². The van der Waals surface area contributed by atoms with E-state index in [9.17, 15) is 18.8 Å². The maximum absolute atomic E-state index is 13.4. The number of anilines is 1. The lowest BCUT2D eigenvalue weighted by Crippen LogP contribution is -2.32. The molecule has 2 aromatic carbocycles. The third kappa shape index (κ3) is 5.89. The van der Waals surface area contributed by atoms with Gasteiger partial charge in [0.05, 0.1) is 5.69 Å². The molecule has 25 heavy (non-hydrogen) atoms. The molecule has 2 aromatic rings. The van der Waals surface area contributed by atoms with Crippen molar-refractivity contribution in [1.29, 1.82) is 0 Å². The van der Waals surface area contributed by atoms with E-state index < -0.39 is 36.8 Å². The number of hydrogen-bond donors (Lipinski definition) is 2. The van der Waals surface area contributed by atoms with E-state index in [1.807, 2.05) is 0 Å². The summed E-state index contributed by atoms with van der Waals surface area (Å²) in [4.78, 5) is 34.9. The summed E-state index contributed by atoms with van der Waals surface area (Å²) in [5, 5.41) is 5.11. The SMILES string of the molecule is O=C(COC(=O)CNC(=O)c1ccc(Cl)cc1)Nc1ccccc1F. The Labute approximate surface area is 147 Å². The second-order valence-electron chi connectivity index (χ2n) is 4.88. The van der Waals surface area contributed by atoms with Gasteiger partial charge in [0.1, 0.15) is 12.4 Å². The molecule has 0 spiro atoms.